The molecule has 0 N–H and O–H groups in total. The minimum Gasteiger partial charge on any atom is -0.455 e. The van der Waals surface area contributed by atoms with Crippen molar-refractivity contribution in [1.29, 1.82) is 0 Å². The predicted molar refractivity (Wildman–Crippen MR) is 200 cm³/mol. The Hall–Kier alpha value is -5.48. The SMILES string of the molecule is Cc1cc(C(C)C)c(-n2c(-c3cccc4c3oc3cc(-c5ccc(-c6ccccc6)cc5)ccc34)nc3cncc(C)c32)c(C(C)C)c1. The molecule has 0 unspecified atom stereocenters. The van der Waals surface area contributed by atoms with Crippen molar-refractivity contribution in [1.82, 2.24) is 14.5 Å². The quantitative estimate of drug-likeness (QED) is 0.185. The maximum Gasteiger partial charge on any atom is 0.149 e. The van der Waals surface area contributed by atoms with Gasteiger partial charge in [0.15, 0.2) is 0 Å². The van der Waals surface area contributed by atoms with E-state index in [0.29, 0.717) is 11.8 Å². The first-order valence-corrected chi connectivity index (χ1v) is 16.9. The third-order valence-electron chi connectivity index (χ3n) is 9.59. The van der Waals surface area contributed by atoms with Crippen LogP contribution in [0.25, 0.3) is 72.3 Å². The summed E-state index contributed by atoms with van der Waals surface area (Å²) in [6.45, 7) is 13.4. The summed E-state index contributed by atoms with van der Waals surface area (Å²) in [6.07, 6.45) is 3.83. The van der Waals surface area contributed by atoms with E-state index in [2.05, 4.69) is 148 Å². The molecule has 0 aliphatic heterocycles. The summed E-state index contributed by atoms with van der Waals surface area (Å²) in [6, 6.07) is 36.9. The molecule has 3 aromatic heterocycles. The van der Waals surface area contributed by atoms with Crippen LogP contribution in [-0.2, 0) is 0 Å². The highest BCUT2D eigenvalue weighted by molar-refractivity contribution is 6.10. The number of rotatable bonds is 6. The van der Waals surface area contributed by atoms with Crippen LogP contribution in [0.15, 0.2) is 120 Å². The fourth-order valence-electron chi connectivity index (χ4n) is 7.20. The van der Waals surface area contributed by atoms with Gasteiger partial charge in [-0.2, -0.15) is 0 Å². The lowest BCUT2D eigenvalue weighted by atomic mass is 9.90. The van der Waals surface area contributed by atoms with Gasteiger partial charge >= 0.3 is 0 Å². The van der Waals surface area contributed by atoms with Crippen LogP contribution >= 0.6 is 0 Å². The van der Waals surface area contributed by atoms with Crippen LogP contribution in [0.3, 0.4) is 0 Å². The standard InChI is InChI=1S/C44H39N3O/c1-26(2)37-21-28(5)22-38(27(3)4)42(37)47-41-29(6)24-45-25-39(41)46-44(47)36-14-10-13-35-34-20-19-33(23-40(34)48-43(35)36)32-17-15-31(16-18-32)30-11-8-7-9-12-30/h7-27H,1-6H3. The number of pyridine rings is 1. The van der Waals surface area contributed by atoms with Crippen molar-refractivity contribution < 1.29 is 4.42 Å². The van der Waals surface area contributed by atoms with Gasteiger partial charge in [0.1, 0.15) is 22.5 Å². The minimum atomic E-state index is 0.326. The highest BCUT2D eigenvalue weighted by Crippen LogP contribution is 2.42. The van der Waals surface area contributed by atoms with E-state index in [-0.39, 0.29) is 0 Å². The smallest absolute Gasteiger partial charge is 0.149 e. The third kappa shape index (κ3) is 4.91. The fraction of sp³-hybridized carbons (Fsp3) is 0.182. The van der Waals surface area contributed by atoms with Crippen LogP contribution in [-0.4, -0.2) is 14.5 Å². The first-order valence-electron chi connectivity index (χ1n) is 16.9. The van der Waals surface area contributed by atoms with Crippen molar-refractivity contribution in [2.24, 2.45) is 0 Å². The molecular formula is C44H39N3O. The summed E-state index contributed by atoms with van der Waals surface area (Å²) in [5, 5.41) is 2.18. The molecule has 0 fully saturated rings. The number of para-hydroxylation sites is 1. The van der Waals surface area contributed by atoms with Gasteiger partial charge in [-0.15, -0.1) is 0 Å². The first-order chi connectivity index (χ1) is 23.3. The number of hydrogen-bond donors (Lipinski definition) is 0. The van der Waals surface area contributed by atoms with Gasteiger partial charge in [0, 0.05) is 17.0 Å². The van der Waals surface area contributed by atoms with Gasteiger partial charge in [-0.1, -0.05) is 118 Å². The average molecular weight is 626 g/mol. The molecule has 0 amide bonds. The Balaban J connectivity index is 1.34. The second-order valence-electron chi connectivity index (χ2n) is 13.6. The summed E-state index contributed by atoms with van der Waals surface area (Å²) in [5.74, 6) is 1.52. The molecule has 0 radical (unpaired) electrons. The lowest BCUT2D eigenvalue weighted by Gasteiger charge is -2.24. The van der Waals surface area contributed by atoms with E-state index in [0.717, 1.165) is 61.1 Å². The van der Waals surface area contributed by atoms with Crippen LogP contribution in [0, 0.1) is 13.8 Å². The van der Waals surface area contributed by atoms with E-state index in [1.54, 1.807) is 0 Å². The molecule has 0 aliphatic rings. The number of fused-ring (bicyclic) bond motifs is 4. The van der Waals surface area contributed by atoms with Crippen molar-refractivity contribution in [2.45, 2.75) is 53.4 Å². The molecule has 0 aliphatic carbocycles. The molecule has 5 aromatic carbocycles. The summed E-state index contributed by atoms with van der Waals surface area (Å²) in [4.78, 5) is 9.84. The Kier molecular flexibility index (Phi) is 7.25. The van der Waals surface area contributed by atoms with Gasteiger partial charge in [-0.05, 0) is 82.8 Å². The minimum absolute atomic E-state index is 0.326. The lowest BCUT2D eigenvalue weighted by Crippen LogP contribution is -2.10. The zero-order valence-corrected chi connectivity index (χ0v) is 28.4. The normalized spacial score (nSPS) is 11.9. The predicted octanol–water partition coefficient (Wildman–Crippen LogP) is 12.2. The number of nitrogens with zero attached hydrogens (tertiary/aromatic N) is 3. The van der Waals surface area contributed by atoms with E-state index in [9.17, 15) is 0 Å². The molecule has 48 heavy (non-hydrogen) atoms. The lowest BCUT2D eigenvalue weighted by molar-refractivity contribution is 0.669. The third-order valence-corrected chi connectivity index (χ3v) is 9.59. The number of hydrogen-bond acceptors (Lipinski definition) is 3. The largest absolute Gasteiger partial charge is 0.455 e. The Morgan fingerprint density at radius 3 is 1.96 bits per heavy atom. The molecule has 0 saturated heterocycles. The summed E-state index contributed by atoms with van der Waals surface area (Å²) in [5.41, 5.74) is 15.6. The highest BCUT2D eigenvalue weighted by atomic mass is 16.3. The summed E-state index contributed by atoms with van der Waals surface area (Å²) < 4.78 is 9.20. The molecule has 0 saturated carbocycles. The maximum absolute atomic E-state index is 6.82. The molecular weight excluding hydrogens is 587 g/mol. The van der Waals surface area contributed by atoms with Crippen LogP contribution in [0.5, 0.6) is 0 Å². The van der Waals surface area contributed by atoms with Gasteiger partial charge in [-0.3, -0.25) is 9.55 Å². The molecule has 4 heteroatoms. The summed E-state index contributed by atoms with van der Waals surface area (Å²) >= 11 is 0. The van der Waals surface area contributed by atoms with E-state index < -0.39 is 0 Å². The molecule has 4 nitrogen and oxygen atoms in total. The Labute approximate surface area is 281 Å². The second-order valence-corrected chi connectivity index (χ2v) is 13.6. The van der Waals surface area contributed by atoms with Crippen LogP contribution in [0.1, 0.15) is 61.8 Å². The van der Waals surface area contributed by atoms with Gasteiger partial charge < -0.3 is 4.42 Å². The van der Waals surface area contributed by atoms with Crippen molar-refractivity contribution in [3.63, 3.8) is 0 Å². The number of aromatic nitrogens is 3. The fourth-order valence-corrected chi connectivity index (χ4v) is 7.20. The van der Waals surface area contributed by atoms with Crippen LogP contribution in [0.2, 0.25) is 0 Å². The number of benzene rings is 5. The van der Waals surface area contributed by atoms with Gasteiger partial charge in [0.2, 0.25) is 0 Å². The first kappa shape index (κ1) is 29.9. The van der Waals surface area contributed by atoms with Gasteiger partial charge in [0.25, 0.3) is 0 Å². The molecule has 8 aromatic rings. The highest BCUT2D eigenvalue weighted by Gasteiger charge is 2.25. The van der Waals surface area contributed by atoms with E-state index in [4.69, 9.17) is 9.40 Å². The maximum atomic E-state index is 6.82. The number of imidazole rings is 1. The zero-order valence-electron chi connectivity index (χ0n) is 28.4. The Bertz CT molecular complexity index is 2430. The monoisotopic (exact) mass is 625 g/mol. The topological polar surface area (TPSA) is 43.9 Å². The van der Waals surface area contributed by atoms with Crippen molar-refractivity contribution in [2.75, 3.05) is 0 Å². The molecule has 0 atom stereocenters. The van der Waals surface area contributed by atoms with Crippen molar-refractivity contribution in [3.8, 4) is 39.3 Å². The Morgan fingerprint density at radius 2 is 1.27 bits per heavy atom. The van der Waals surface area contributed by atoms with E-state index >= 15 is 0 Å². The van der Waals surface area contributed by atoms with Crippen LogP contribution in [0.4, 0.5) is 0 Å². The average Bonchev–Trinajstić information content (AvgIpc) is 3.67. The number of aryl methyl sites for hydroxylation is 2. The molecule has 3 heterocycles. The van der Waals surface area contributed by atoms with Gasteiger partial charge in [0.05, 0.1) is 23.0 Å². The van der Waals surface area contributed by atoms with Gasteiger partial charge in [-0.25, -0.2) is 4.98 Å². The van der Waals surface area contributed by atoms with Crippen LogP contribution < -0.4 is 0 Å². The van der Waals surface area contributed by atoms with Crippen molar-refractivity contribution >= 4 is 33.0 Å². The van der Waals surface area contributed by atoms with E-state index in [1.807, 2.05) is 18.5 Å². The molecule has 236 valence electrons. The zero-order chi connectivity index (χ0) is 33.1. The molecule has 8 rings (SSSR count). The second kappa shape index (κ2) is 11.6. The number of furan rings is 1. The van der Waals surface area contributed by atoms with E-state index in [1.165, 1.54) is 33.5 Å². The summed E-state index contributed by atoms with van der Waals surface area (Å²) in [7, 11) is 0. The Morgan fingerprint density at radius 1 is 0.625 bits per heavy atom. The van der Waals surface area contributed by atoms with Crippen molar-refractivity contribution in [3.05, 3.63) is 138 Å². The molecule has 0 bridgehead atoms. The molecule has 0 spiro atoms.